The van der Waals surface area contributed by atoms with Gasteiger partial charge in [-0.2, -0.15) is 10.4 Å². The van der Waals surface area contributed by atoms with E-state index in [9.17, 15) is 0 Å². The van der Waals surface area contributed by atoms with Crippen molar-refractivity contribution in [1.29, 1.82) is 5.26 Å². The van der Waals surface area contributed by atoms with Gasteiger partial charge in [-0.3, -0.25) is 0 Å². The highest BCUT2D eigenvalue weighted by molar-refractivity contribution is 6.07. The van der Waals surface area contributed by atoms with Crippen molar-refractivity contribution in [3.63, 3.8) is 0 Å². The predicted molar refractivity (Wildman–Crippen MR) is 30.2 cm³/mol. The summed E-state index contributed by atoms with van der Waals surface area (Å²) in [5.41, 5.74) is 3.11. The molecule has 0 aromatic rings. The van der Waals surface area contributed by atoms with Crippen LogP contribution in [0, 0.1) is 11.3 Å². The van der Waals surface area contributed by atoms with E-state index in [4.69, 9.17) is 5.26 Å². The topological polar surface area (TPSA) is 48.2 Å². The molecule has 0 atom stereocenters. The van der Waals surface area contributed by atoms with Gasteiger partial charge in [0.2, 0.25) is 0 Å². The van der Waals surface area contributed by atoms with Gasteiger partial charge in [0.1, 0.15) is 6.07 Å². The van der Waals surface area contributed by atoms with E-state index < -0.39 is 0 Å². The monoisotopic (exact) mass is 107 g/mol. The quantitative estimate of drug-likeness (QED) is 0.474. The summed E-state index contributed by atoms with van der Waals surface area (Å²) in [7, 11) is 0. The van der Waals surface area contributed by atoms with Crippen LogP contribution in [0.1, 0.15) is 0 Å². The van der Waals surface area contributed by atoms with Gasteiger partial charge < -0.3 is 5.43 Å². The number of allylic oxidation sites excluding steroid dienone is 1. The molecule has 3 heteroatoms. The van der Waals surface area contributed by atoms with Crippen LogP contribution in [0.15, 0.2) is 17.3 Å². The fourth-order valence-corrected chi connectivity index (χ4v) is 0.454. The van der Waals surface area contributed by atoms with E-state index in [0.717, 1.165) is 6.54 Å². The van der Waals surface area contributed by atoms with Gasteiger partial charge in [0.25, 0.3) is 0 Å². The van der Waals surface area contributed by atoms with E-state index in [1.807, 2.05) is 12.1 Å². The number of rotatable bonds is 0. The molecule has 0 bridgehead atoms. The second kappa shape index (κ2) is 2.12. The smallest absolute Gasteiger partial charge is 0.160 e. The summed E-state index contributed by atoms with van der Waals surface area (Å²) >= 11 is 0. The number of hydrogen-bond donors (Lipinski definition) is 1. The molecule has 0 saturated carbocycles. The maximum absolute atomic E-state index is 8.22. The highest BCUT2D eigenvalue weighted by Gasteiger charge is 1.92. The molecular weight excluding hydrogens is 102 g/mol. The summed E-state index contributed by atoms with van der Waals surface area (Å²) in [6.07, 6.45) is 3.54. The van der Waals surface area contributed by atoms with E-state index >= 15 is 0 Å². The number of nitrogens with one attached hydrogen (secondary N) is 1. The van der Waals surface area contributed by atoms with Gasteiger partial charge in [-0.05, 0) is 6.08 Å². The standard InChI is InChI=1S/C5H5N3/c6-4-5-2-1-3-7-8-5/h1-2,7H,3H2. The molecule has 0 radical (unpaired) electrons. The van der Waals surface area contributed by atoms with Crippen molar-refractivity contribution in [2.24, 2.45) is 5.10 Å². The summed E-state index contributed by atoms with van der Waals surface area (Å²) in [6.45, 7) is 0.727. The predicted octanol–water partition coefficient (Wildman–Crippen LogP) is 0.0254. The van der Waals surface area contributed by atoms with Crippen LogP contribution < -0.4 is 5.43 Å². The molecular formula is C5H5N3. The highest BCUT2D eigenvalue weighted by atomic mass is 15.3. The third-order valence-electron chi connectivity index (χ3n) is 0.799. The molecule has 1 rings (SSSR count). The molecule has 3 nitrogen and oxygen atoms in total. The van der Waals surface area contributed by atoms with Gasteiger partial charge in [0.05, 0.1) is 6.54 Å². The number of nitriles is 1. The Balaban J connectivity index is 2.68. The first-order valence-electron chi connectivity index (χ1n) is 2.30. The number of hydrogen-bond acceptors (Lipinski definition) is 3. The molecule has 1 aliphatic heterocycles. The van der Waals surface area contributed by atoms with Crippen LogP contribution in [0.2, 0.25) is 0 Å². The molecule has 0 aromatic heterocycles. The Morgan fingerprint density at radius 3 is 3.12 bits per heavy atom. The third-order valence-corrected chi connectivity index (χ3v) is 0.799. The van der Waals surface area contributed by atoms with Crippen LogP contribution in [-0.4, -0.2) is 12.3 Å². The van der Waals surface area contributed by atoms with Crippen molar-refractivity contribution in [1.82, 2.24) is 5.43 Å². The fourth-order valence-electron chi connectivity index (χ4n) is 0.454. The van der Waals surface area contributed by atoms with E-state index in [-0.39, 0.29) is 0 Å². The summed E-state index contributed by atoms with van der Waals surface area (Å²) in [5.74, 6) is 0. The lowest BCUT2D eigenvalue weighted by molar-refractivity contribution is 0.819. The zero-order chi connectivity index (χ0) is 5.82. The van der Waals surface area contributed by atoms with Crippen LogP contribution in [0.5, 0.6) is 0 Å². The van der Waals surface area contributed by atoms with Gasteiger partial charge >= 0.3 is 0 Å². The van der Waals surface area contributed by atoms with E-state index in [0.29, 0.717) is 5.71 Å². The number of nitrogens with zero attached hydrogens (tertiary/aromatic N) is 2. The fraction of sp³-hybridized carbons (Fsp3) is 0.200. The van der Waals surface area contributed by atoms with Crippen molar-refractivity contribution in [2.45, 2.75) is 0 Å². The van der Waals surface area contributed by atoms with Crippen molar-refractivity contribution in [3.8, 4) is 6.07 Å². The minimum atomic E-state index is 0.441. The van der Waals surface area contributed by atoms with Crippen molar-refractivity contribution in [3.05, 3.63) is 12.2 Å². The lowest BCUT2D eigenvalue weighted by Gasteiger charge is -1.98. The highest BCUT2D eigenvalue weighted by Crippen LogP contribution is 1.83. The zero-order valence-electron chi connectivity index (χ0n) is 4.26. The van der Waals surface area contributed by atoms with Crippen LogP contribution in [0.25, 0.3) is 0 Å². The first-order chi connectivity index (χ1) is 3.93. The Bertz CT molecular complexity index is 173. The molecule has 40 valence electrons. The van der Waals surface area contributed by atoms with E-state index in [1.54, 1.807) is 6.08 Å². The normalized spacial score (nSPS) is 16.1. The average Bonchev–Trinajstić information content (AvgIpc) is 1.90. The average molecular weight is 107 g/mol. The minimum Gasteiger partial charge on any atom is -0.305 e. The third kappa shape index (κ3) is 0.850. The van der Waals surface area contributed by atoms with Crippen LogP contribution in [-0.2, 0) is 0 Å². The van der Waals surface area contributed by atoms with Crippen molar-refractivity contribution < 1.29 is 0 Å². The molecule has 0 aromatic carbocycles. The maximum Gasteiger partial charge on any atom is 0.160 e. The second-order valence-corrected chi connectivity index (χ2v) is 1.37. The molecule has 0 unspecified atom stereocenters. The van der Waals surface area contributed by atoms with Gasteiger partial charge in [-0.15, -0.1) is 0 Å². The van der Waals surface area contributed by atoms with Crippen LogP contribution in [0.4, 0.5) is 0 Å². The second-order valence-electron chi connectivity index (χ2n) is 1.37. The van der Waals surface area contributed by atoms with E-state index in [1.165, 1.54) is 0 Å². The maximum atomic E-state index is 8.22. The summed E-state index contributed by atoms with van der Waals surface area (Å²) in [5, 5.41) is 11.9. The van der Waals surface area contributed by atoms with Crippen molar-refractivity contribution >= 4 is 5.71 Å². The van der Waals surface area contributed by atoms with Crippen molar-refractivity contribution in [2.75, 3.05) is 6.54 Å². The van der Waals surface area contributed by atoms with E-state index in [2.05, 4.69) is 10.5 Å². The minimum absolute atomic E-state index is 0.441. The number of hydrazone groups is 1. The Hall–Kier alpha value is -1.30. The molecule has 0 saturated heterocycles. The molecule has 0 spiro atoms. The molecule has 1 aliphatic rings. The molecule has 0 aliphatic carbocycles. The summed E-state index contributed by atoms with van der Waals surface area (Å²) in [4.78, 5) is 0. The largest absolute Gasteiger partial charge is 0.305 e. The van der Waals surface area contributed by atoms with Gasteiger partial charge in [0, 0.05) is 0 Å². The van der Waals surface area contributed by atoms with Gasteiger partial charge in [-0.25, -0.2) is 0 Å². The Morgan fingerprint density at radius 1 is 1.88 bits per heavy atom. The molecule has 1 heterocycles. The summed E-state index contributed by atoms with van der Waals surface area (Å²) < 4.78 is 0. The first kappa shape index (κ1) is 4.85. The van der Waals surface area contributed by atoms with Crippen LogP contribution in [0.3, 0.4) is 0 Å². The Morgan fingerprint density at radius 2 is 2.75 bits per heavy atom. The molecule has 0 fully saturated rings. The SMILES string of the molecule is N#CC1=NNCC=C1. The Labute approximate surface area is 47.3 Å². The molecule has 8 heavy (non-hydrogen) atoms. The lowest BCUT2D eigenvalue weighted by atomic mass is 10.3. The Kier molecular flexibility index (Phi) is 1.29. The first-order valence-corrected chi connectivity index (χ1v) is 2.30. The molecule has 1 N–H and O–H groups in total. The lowest BCUT2D eigenvalue weighted by Crippen LogP contribution is -2.12. The van der Waals surface area contributed by atoms with Crippen LogP contribution >= 0.6 is 0 Å². The summed E-state index contributed by atoms with van der Waals surface area (Å²) in [6, 6.07) is 1.90. The molecule has 0 amide bonds. The zero-order valence-corrected chi connectivity index (χ0v) is 4.26. The van der Waals surface area contributed by atoms with Gasteiger partial charge in [0.15, 0.2) is 5.71 Å². The van der Waals surface area contributed by atoms with Gasteiger partial charge in [-0.1, -0.05) is 6.08 Å².